The van der Waals surface area contributed by atoms with E-state index in [2.05, 4.69) is 20.0 Å². The molecule has 0 aliphatic heterocycles. The molecule has 0 aromatic carbocycles. The van der Waals surface area contributed by atoms with Crippen LogP contribution in [0.4, 0.5) is 4.39 Å². The second kappa shape index (κ2) is 6.80. The lowest BCUT2D eigenvalue weighted by molar-refractivity contribution is 0.367. The van der Waals surface area contributed by atoms with Crippen LogP contribution in [0.1, 0.15) is 37.3 Å². The molecule has 1 saturated carbocycles. The van der Waals surface area contributed by atoms with E-state index in [1.165, 1.54) is 4.68 Å². The van der Waals surface area contributed by atoms with E-state index in [0.717, 1.165) is 25.7 Å². The van der Waals surface area contributed by atoms with E-state index in [9.17, 15) is 4.39 Å². The molecule has 3 rings (SSSR count). The molecule has 2 heterocycles. The van der Waals surface area contributed by atoms with Crippen LogP contribution in [0.2, 0.25) is 0 Å². The van der Waals surface area contributed by atoms with Gasteiger partial charge >= 0.3 is 0 Å². The molecule has 22 heavy (non-hydrogen) atoms. The quantitative estimate of drug-likeness (QED) is 0.828. The van der Waals surface area contributed by atoms with Crippen LogP contribution in [0.5, 0.6) is 0 Å². The zero-order valence-corrected chi connectivity index (χ0v) is 13.6. The van der Waals surface area contributed by atoms with Crippen molar-refractivity contribution in [2.75, 3.05) is 14.1 Å². The molecule has 0 bridgehead atoms. The molecule has 1 fully saturated rings. The first-order chi connectivity index (χ1) is 10.6. The molecule has 2 aromatic heterocycles. The number of nitrogens with one attached hydrogen (secondary N) is 2. The summed E-state index contributed by atoms with van der Waals surface area (Å²) in [6, 6.07) is 2.24. The Labute approximate surface area is 133 Å². The summed E-state index contributed by atoms with van der Waals surface area (Å²) in [7, 11) is 4.03. The third-order valence-corrected chi connectivity index (χ3v) is 4.78. The monoisotopic (exact) mass is 324 g/mol. The third kappa shape index (κ3) is 3.34. The highest BCUT2D eigenvalue weighted by Gasteiger charge is 2.27. The van der Waals surface area contributed by atoms with Crippen LogP contribution in [0.25, 0.3) is 5.82 Å². The zero-order chi connectivity index (χ0) is 15.5. The first-order valence-corrected chi connectivity index (χ1v) is 8.26. The Morgan fingerprint density at radius 3 is 2.77 bits per heavy atom. The van der Waals surface area contributed by atoms with Gasteiger partial charge in [0.2, 0.25) is 5.82 Å². The predicted molar refractivity (Wildman–Crippen MR) is 85.1 cm³/mol. The van der Waals surface area contributed by atoms with Crippen LogP contribution >= 0.6 is 12.1 Å². The van der Waals surface area contributed by atoms with Gasteiger partial charge in [0.15, 0.2) is 5.82 Å². The third-order valence-electron chi connectivity index (χ3n) is 3.97. The molecule has 1 aliphatic carbocycles. The maximum atomic E-state index is 14.6. The average Bonchev–Trinajstić information content (AvgIpc) is 3.15. The largest absolute Gasteiger partial charge is 0.277 e. The van der Waals surface area contributed by atoms with Gasteiger partial charge in [-0.2, -0.15) is 10.2 Å². The van der Waals surface area contributed by atoms with Crippen molar-refractivity contribution in [1.82, 2.24) is 29.0 Å². The molecule has 6 nitrogen and oxygen atoms in total. The lowest BCUT2D eigenvalue weighted by Crippen LogP contribution is -2.30. The van der Waals surface area contributed by atoms with Gasteiger partial charge in [-0.15, -0.1) is 0 Å². The topological polar surface area (TPSA) is 61.8 Å². The molecule has 8 heteroatoms. The number of rotatable bonds is 5. The van der Waals surface area contributed by atoms with E-state index in [1.54, 1.807) is 30.6 Å². The van der Waals surface area contributed by atoms with Crippen molar-refractivity contribution in [3.63, 3.8) is 0 Å². The Kier molecular flexibility index (Phi) is 4.80. The van der Waals surface area contributed by atoms with Gasteiger partial charge < -0.3 is 0 Å². The van der Waals surface area contributed by atoms with Gasteiger partial charge in [0, 0.05) is 36.5 Å². The van der Waals surface area contributed by atoms with Crippen molar-refractivity contribution in [2.45, 2.75) is 37.6 Å². The molecule has 120 valence electrons. The van der Waals surface area contributed by atoms with Gasteiger partial charge in [-0.1, -0.05) is 0 Å². The van der Waals surface area contributed by atoms with Crippen LogP contribution in [-0.2, 0) is 0 Å². The summed E-state index contributed by atoms with van der Waals surface area (Å²) in [5.74, 6) is 0.186. The van der Waals surface area contributed by atoms with E-state index in [-0.39, 0.29) is 17.6 Å². The van der Waals surface area contributed by atoms with E-state index < -0.39 is 0 Å². The highest BCUT2D eigenvalue weighted by atomic mass is 32.2. The van der Waals surface area contributed by atoms with Gasteiger partial charge in [-0.05, 0) is 45.8 Å². The molecule has 0 amide bonds. The maximum absolute atomic E-state index is 14.6. The Bertz CT molecular complexity index is 589. The molecule has 1 aliphatic rings. The van der Waals surface area contributed by atoms with Crippen molar-refractivity contribution in [2.24, 2.45) is 0 Å². The summed E-state index contributed by atoms with van der Waals surface area (Å²) in [5, 5.41) is 11.0. The number of hydrogen-bond donors (Lipinski definition) is 2. The normalized spacial score (nSPS) is 22.4. The summed E-state index contributed by atoms with van der Waals surface area (Å²) in [6.07, 6.45) is 7.32. The fourth-order valence-corrected chi connectivity index (χ4v) is 3.42. The number of aromatic amines is 1. The Morgan fingerprint density at radius 2 is 2.14 bits per heavy atom. The number of nitrogens with zero attached hydrogens (tertiary/aromatic N) is 4. The predicted octanol–water partition coefficient (Wildman–Crippen LogP) is 2.48. The standard InChI is InChI=1S/C14H21FN6S/c1-20(2)22-19-11-6-4-10(5-7-11)13-12(15)14(18-17-13)21-9-3-8-16-21/h3,8-11,19H,4-7H2,1-2H3,(H,17,18). The smallest absolute Gasteiger partial charge is 0.211 e. The van der Waals surface area contributed by atoms with Crippen LogP contribution in [0.3, 0.4) is 0 Å². The molecule has 2 aromatic rings. The minimum atomic E-state index is -0.275. The van der Waals surface area contributed by atoms with Gasteiger partial charge in [-0.25, -0.2) is 18.1 Å². The highest BCUT2D eigenvalue weighted by Crippen LogP contribution is 2.34. The van der Waals surface area contributed by atoms with Crippen molar-refractivity contribution >= 4 is 12.1 Å². The minimum Gasteiger partial charge on any atom is -0.277 e. The van der Waals surface area contributed by atoms with Crippen molar-refractivity contribution in [3.05, 3.63) is 30.0 Å². The van der Waals surface area contributed by atoms with E-state index >= 15 is 0 Å². The molecular formula is C14H21FN6S. The zero-order valence-electron chi connectivity index (χ0n) is 12.8. The van der Waals surface area contributed by atoms with Crippen molar-refractivity contribution < 1.29 is 4.39 Å². The van der Waals surface area contributed by atoms with Crippen LogP contribution in [0, 0.1) is 5.82 Å². The summed E-state index contributed by atoms with van der Waals surface area (Å²) in [4.78, 5) is 0. The highest BCUT2D eigenvalue weighted by molar-refractivity contribution is 7.95. The molecule has 0 saturated heterocycles. The van der Waals surface area contributed by atoms with Gasteiger partial charge in [0.05, 0.1) is 5.69 Å². The first kappa shape index (κ1) is 15.5. The SMILES string of the molecule is CN(C)SNC1CCC(c2[nH]nc(-n3cccn3)c2F)CC1. The van der Waals surface area contributed by atoms with Crippen LogP contribution in [-0.4, -0.2) is 44.4 Å². The van der Waals surface area contributed by atoms with E-state index in [4.69, 9.17) is 0 Å². The number of halogens is 1. The Morgan fingerprint density at radius 1 is 1.36 bits per heavy atom. The minimum absolute atomic E-state index is 0.208. The van der Waals surface area contributed by atoms with E-state index in [1.807, 2.05) is 18.4 Å². The number of aromatic nitrogens is 4. The van der Waals surface area contributed by atoms with Crippen LogP contribution in [0.15, 0.2) is 18.5 Å². The molecule has 0 radical (unpaired) electrons. The number of H-pyrrole nitrogens is 1. The molecule has 0 spiro atoms. The fourth-order valence-electron chi connectivity index (χ4n) is 2.83. The van der Waals surface area contributed by atoms with Gasteiger partial charge in [0.1, 0.15) is 0 Å². The van der Waals surface area contributed by atoms with Crippen molar-refractivity contribution in [1.29, 1.82) is 0 Å². The first-order valence-electron chi connectivity index (χ1n) is 7.48. The molecular weight excluding hydrogens is 303 g/mol. The summed E-state index contributed by atoms with van der Waals surface area (Å²) in [6.45, 7) is 0. The Balaban J connectivity index is 1.62. The second-order valence-corrected chi connectivity index (χ2v) is 6.94. The van der Waals surface area contributed by atoms with Gasteiger partial charge in [0.25, 0.3) is 0 Å². The summed E-state index contributed by atoms with van der Waals surface area (Å²) < 4.78 is 21.5. The molecule has 0 unspecified atom stereocenters. The maximum Gasteiger partial charge on any atom is 0.211 e. The lowest BCUT2D eigenvalue weighted by atomic mass is 9.84. The summed E-state index contributed by atoms with van der Waals surface area (Å²) in [5.41, 5.74) is 0.615. The Hall–Kier alpha value is -1.38. The van der Waals surface area contributed by atoms with Crippen molar-refractivity contribution in [3.8, 4) is 5.82 Å². The molecule has 0 atom stereocenters. The number of hydrogen-bond acceptors (Lipinski definition) is 5. The lowest BCUT2D eigenvalue weighted by Gasteiger charge is -2.28. The van der Waals surface area contributed by atoms with Crippen LogP contribution < -0.4 is 4.72 Å². The summed E-state index contributed by atoms with van der Waals surface area (Å²) >= 11 is 1.62. The van der Waals surface area contributed by atoms with Gasteiger partial charge in [-0.3, -0.25) is 5.10 Å². The van der Waals surface area contributed by atoms with E-state index in [0.29, 0.717) is 11.7 Å². The fraction of sp³-hybridized carbons (Fsp3) is 0.571. The second-order valence-electron chi connectivity index (χ2n) is 5.80. The average molecular weight is 324 g/mol. The molecule has 2 N–H and O–H groups in total.